The van der Waals surface area contributed by atoms with E-state index in [1.54, 1.807) is 31.2 Å². The van der Waals surface area contributed by atoms with Crippen molar-refractivity contribution in [2.75, 3.05) is 11.9 Å². The van der Waals surface area contributed by atoms with Crippen molar-refractivity contribution < 1.29 is 9.90 Å². The fourth-order valence-electron chi connectivity index (χ4n) is 2.20. The fraction of sp³-hybridized carbons (Fsp3) is 0.316. The molecule has 0 aliphatic carbocycles. The molecule has 2 aromatic carbocycles. The molecular formula is C19H23ClN2O2. The van der Waals surface area contributed by atoms with Crippen LogP contribution in [0.3, 0.4) is 0 Å². The Morgan fingerprint density at radius 1 is 1.21 bits per heavy atom. The molecule has 0 aromatic heterocycles. The summed E-state index contributed by atoms with van der Waals surface area (Å²) in [7, 11) is 0. The number of benzene rings is 2. The van der Waals surface area contributed by atoms with E-state index in [1.807, 2.05) is 31.2 Å². The molecule has 0 bridgehead atoms. The molecule has 0 radical (unpaired) electrons. The lowest BCUT2D eigenvalue weighted by molar-refractivity contribution is 0.0555. The summed E-state index contributed by atoms with van der Waals surface area (Å²) < 4.78 is 0. The van der Waals surface area contributed by atoms with Crippen LogP contribution in [-0.2, 0) is 6.54 Å². The highest BCUT2D eigenvalue weighted by Gasteiger charge is 2.16. The first-order valence-electron chi connectivity index (χ1n) is 7.99. The van der Waals surface area contributed by atoms with Crippen LogP contribution in [0.15, 0.2) is 48.5 Å². The standard InChI is InChI=1S/C19H23ClN2O2/c1-3-19(2,24)13-21-12-14-7-6-8-15(11-14)22-18(23)16-9-4-5-10-17(16)20/h4-11,21,24H,3,12-13H2,1-2H3,(H,22,23). The van der Waals surface area contributed by atoms with Crippen LogP contribution in [0.5, 0.6) is 0 Å². The first-order chi connectivity index (χ1) is 11.4. The van der Waals surface area contributed by atoms with Crippen LogP contribution in [0.25, 0.3) is 0 Å². The van der Waals surface area contributed by atoms with Crippen molar-refractivity contribution in [1.82, 2.24) is 5.32 Å². The molecule has 5 heteroatoms. The number of carbonyl (C=O) groups is 1. The third kappa shape index (κ3) is 5.34. The van der Waals surface area contributed by atoms with E-state index in [9.17, 15) is 9.90 Å². The lowest BCUT2D eigenvalue weighted by Gasteiger charge is -2.21. The number of nitrogens with one attached hydrogen (secondary N) is 2. The molecule has 4 nitrogen and oxygen atoms in total. The Balaban J connectivity index is 1.98. The minimum absolute atomic E-state index is 0.236. The lowest BCUT2D eigenvalue weighted by atomic mass is 10.0. The van der Waals surface area contributed by atoms with Gasteiger partial charge >= 0.3 is 0 Å². The average Bonchev–Trinajstić information content (AvgIpc) is 2.55. The number of amides is 1. The molecule has 3 N–H and O–H groups in total. The summed E-state index contributed by atoms with van der Waals surface area (Å²) in [5.74, 6) is -0.236. The molecule has 0 aliphatic rings. The highest BCUT2D eigenvalue weighted by molar-refractivity contribution is 6.34. The minimum atomic E-state index is -0.712. The normalized spacial score (nSPS) is 13.3. The summed E-state index contributed by atoms with van der Waals surface area (Å²) >= 11 is 6.05. The Morgan fingerprint density at radius 3 is 2.67 bits per heavy atom. The van der Waals surface area contributed by atoms with Crippen molar-refractivity contribution in [3.63, 3.8) is 0 Å². The highest BCUT2D eigenvalue weighted by Crippen LogP contribution is 2.18. The van der Waals surface area contributed by atoms with Crippen molar-refractivity contribution in [3.05, 3.63) is 64.7 Å². The van der Waals surface area contributed by atoms with Gasteiger partial charge in [0.2, 0.25) is 0 Å². The van der Waals surface area contributed by atoms with Gasteiger partial charge < -0.3 is 15.7 Å². The summed E-state index contributed by atoms with van der Waals surface area (Å²) in [6.07, 6.45) is 0.688. The fourth-order valence-corrected chi connectivity index (χ4v) is 2.43. The Kier molecular flexibility index (Phi) is 6.37. The number of rotatable bonds is 7. The topological polar surface area (TPSA) is 61.4 Å². The Labute approximate surface area is 147 Å². The van der Waals surface area contributed by atoms with E-state index in [-0.39, 0.29) is 5.91 Å². The summed E-state index contributed by atoms with van der Waals surface area (Å²) in [6.45, 7) is 4.89. The second-order valence-corrected chi connectivity index (χ2v) is 6.50. The molecule has 0 heterocycles. The smallest absolute Gasteiger partial charge is 0.257 e. The van der Waals surface area contributed by atoms with Gasteiger partial charge in [-0.05, 0) is 43.2 Å². The van der Waals surface area contributed by atoms with E-state index in [0.717, 1.165) is 5.56 Å². The van der Waals surface area contributed by atoms with Crippen LogP contribution in [0.2, 0.25) is 5.02 Å². The van der Waals surface area contributed by atoms with Crippen LogP contribution in [0.1, 0.15) is 36.2 Å². The number of carbonyl (C=O) groups excluding carboxylic acids is 1. The van der Waals surface area contributed by atoms with Gasteiger partial charge in [-0.2, -0.15) is 0 Å². The molecule has 0 saturated carbocycles. The van der Waals surface area contributed by atoms with E-state index in [0.29, 0.717) is 35.8 Å². The van der Waals surface area contributed by atoms with Gasteiger partial charge in [-0.15, -0.1) is 0 Å². The van der Waals surface area contributed by atoms with Gasteiger partial charge in [-0.25, -0.2) is 0 Å². The molecule has 2 rings (SSSR count). The minimum Gasteiger partial charge on any atom is -0.389 e. The van der Waals surface area contributed by atoms with Crippen LogP contribution < -0.4 is 10.6 Å². The van der Waals surface area contributed by atoms with Gasteiger partial charge in [0.25, 0.3) is 5.91 Å². The first kappa shape index (κ1) is 18.5. The van der Waals surface area contributed by atoms with Gasteiger partial charge in [0.05, 0.1) is 16.2 Å². The number of anilines is 1. The quantitative estimate of drug-likeness (QED) is 0.713. The maximum absolute atomic E-state index is 12.3. The van der Waals surface area contributed by atoms with Gasteiger partial charge in [-0.1, -0.05) is 42.8 Å². The average molecular weight is 347 g/mol. The molecule has 24 heavy (non-hydrogen) atoms. The Hall–Kier alpha value is -1.88. The van der Waals surface area contributed by atoms with Crippen molar-refractivity contribution >= 4 is 23.2 Å². The zero-order chi connectivity index (χ0) is 17.6. The third-order valence-electron chi connectivity index (χ3n) is 3.90. The van der Waals surface area contributed by atoms with Crippen LogP contribution in [-0.4, -0.2) is 23.2 Å². The van der Waals surface area contributed by atoms with Crippen LogP contribution in [0, 0.1) is 0 Å². The summed E-state index contributed by atoms with van der Waals surface area (Å²) in [4.78, 5) is 12.3. The SMILES string of the molecule is CCC(C)(O)CNCc1cccc(NC(=O)c2ccccc2Cl)c1. The van der Waals surface area contributed by atoms with Gasteiger partial charge in [0.1, 0.15) is 0 Å². The van der Waals surface area contributed by atoms with E-state index in [4.69, 9.17) is 11.6 Å². The molecule has 1 amide bonds. The Morgan fingerprint density at radius 2 is 1.96 bits per heavy atom. The zero-order valence-electron chi connectivity index (χ0n) is 14.0. The first-order valence-corrected chi connectivity index (χ1v) is 8.37. The molecule has 2 aromatic rings. The van der Waals surface area contributed by atoms with Gasteiger partial charge in [-0.3, -0.25) is 4.79 Å². The van der Waals surface area contributed by atoms with Crippen molar-refractivity contribution in [2.45, 2.75) is 32.4 Å². The molecular weight excluding hydrogens is 324 g/mol. The molecule has 0 aliphatic heterocycles. The monoisotopic (exact) mass is 346 g/mol. The summed E-state index contributed by atoms with van der Waals surface area (Å²) in [6, 6.07) is 14.5. The highest BCUT2D eigenvalue weighted by atomic mass is 35.5. The Bertz CT molecular complexity index is 701. The number of hydrogen-bond acceptors (Lipinski definition) is 3. The van der Waals surface area contributed by atoms with Crippen LogP contribution in [0.4, 0.5) is 5.69 Å². The van der Waals surface area contributed by atoms with Crippen LogP contribution >= 0.6 is 11.6 Å². The van der Waals surface area contributed by atoms with E-state index in [2.05, 4.69) is 10.6 Å². The predicted octanol–water partition coefficient (Wildman–Crippen LogP) is 3.84. The van der Waals surface area contributed by atoms with Crippen molar-refractivity contribution in [3.8, 4) is 0 Å². The van der Waals surface area contributed by atoms with Crippen molar-refractivity contribution in [1.29, 1.82) is 0 Å². The molecule has 1 unspecified atom stereocenters. The molecule has 0 fully saturated rings. The van der Waals surface area contributed by atoms with E-state index < -0.39 is 5.60 Å². The number of hydrogen-bond donors (Lipinski definition) is 3. The van der Waals surface area contributed by atoms with Gasteiger partial charge in [0.15, 0.2) is 0 Å². The second-order valence-electron chi connectivity index (χ2n) is 6.09. The van der Waals surface area contributed by atoms with Gasteiger partial charge in [0, 0.05) is 18.8 Å². The molecule has 0 saturated heterocycles. The lowest BCUT2D eigenvalue weighted by Crippen LogP contribution is -2.36. The van der Waals surface area contributed by atoms with Crippen molar-refractivity contribution in [2.24, 2.45) is 0 Å². The summed E-state index contributed by atoms with van der Waals surface area (Å²) in [5, 5.41) is 16.5. The molecule has 0 spiro atoms. The molecule has 128 valence electrons. The largest absolute Gasteiger partial charge is 0.389 e. The second kappa shape index (κ2) is 8.29. The summed E-state index contributed by atoms with van der Waals surface area (Å²) in [5.41, 5.74) is 1.47. The maximum Gasteiger partial charge on any atom is 0.257 e. The molecule has 1 atom stereocenters. The number of halogens is 1. The third-order valence-corrected chi connectivity index (χ3v) is 4.23. The predicted molar refractivity (Wildman–Crippen MR) is 98.5 cm³/mol. The zero-order valence-corrected chi connectivity index (χ0v) is 14.7. The number of aliphatic hydroxyl groups is 1. The van der Waals surface area contributed by atoms with E-state index in [1.165, 1.54) is 0 Å². The van der Waals surface area contributed by atoms with E-state index >= 15 is 0 Å². The maximum atomic E-state index is 12.3.